The highest BCUT2D eigenvalue weighted by Gasteiger charge is 2.15. The molecule has 0 aliphatic carbocycles. The van der Waals surface area contributed by atoms with E-state index in [9.17, 15) is 9.59 Å². The van der Waals surface area contributed by atoms with Crippen LogP contribution in [0.4, 0.5) is 11.5 Å². The van der Waals surface area contributed by atoms with Crippen molar-refractivity contribution < 1.29 is 14.3 Å². The lowest BCUT2D eigenvalue weighted by Gasteiger charge is -2.11. The number of esters is 1. The Morgan fingerprint density at radius 2 is 1.96 bits per heavy atom. The number of ether oxygens (including phenoxy) is 1. The molecular weight excluding hydrogens is 318 g/mol. The summed E-state index contributed by atoms with van der Waals surface area (Å²) in [6.45, 7) is 4.93. The highest BCUT2D eigenvalue weighted by Crippen LogP contribution is 2.18. The van der Waals surface area contributed by atoms with E-state index in [1.165, 1.54) is 0 Å². The Morgan fingerprint density at radius 3 is 2.72 bits per heavy atom. The Balaban J connectivity index is 2.12. The molecule has 2 N–H and O–H groups in total. The maximum atomic E-state index is 12.5. The first kappa shape index (κ1) is 18.4. The van der Waals surface area contributed by atoms with Crippen LogP contribution in [0.1, 0.15) is 47.4 Å². The van der Waals surface area contributed by atoms with Crippen molar-refractivity contribution >= 4 is 23.4 Å². The summed E-state index contributed by atoms with van der Waals surface area (Å²) in [5, 5.41) is 5.95. The average Bonchev–Trinajstić information content (AvgIpc) is 2.63. The van der Waals surface area contributed by atoms with Gasteiger partial charge in [0.1, 0.15) is 5.82 Å². The van der Waals surface area contributed by atoms with E-state index < -0.39 is 5.97 Å². The molecule has 0 aliphatic heterocycles. The van der Waals surface area contributed by atoms with Crippen molar-refractivity contribution in [3.05, 3.63) is 53.7 Å². The summed E-state index contributed by atoms with van der Waals surface area (Å²) < 4.78 is 5.02. The zero-order valence-electron chi connectivity index (χ0n) is 14.5. The second-order valence-electron chi connectivity index (χ2n) is 5.43. The predicted molar refractivity (Wildman–Crippen MR) is 98.0 cm³/mol. The number of para-hydroxylation sites is 1. The topological polar surface area (TPSA) is 80.3 Å². The third-order valence-corrected chi connectivity index (χ3v) is 3.53. The third kappa shape index (κ3) is 5.31. The molecule has 0 aliphatic rings. The summed E-state index contributed by atoms with van der Waals surface area (Å²) >= 11 is 0. The molecule has 132 valence electrons. The summed E-state index contributed by atoms with van der Waals surface area (Å²) in [6, 6.07) is 10.1. The van der Waals surface area contributed by atoms with Gasteiger partial charge in [0.25, 0.3) is 5.91 Å². The van der Waals surface area contributed by atoms with Crippen LogP contribution in [0.5, 0.6) is 0 Å². The highest BCUT2D eigenvalue weighted by atomic mass is 16.5. The number of benzene rings is 1. The number of nitrogens with one attached hydrogen (secondary N) is 2. The van der Waals surface area contributed by atoms with E-state index in [-0.39, 0.29) is 12.5 Å². The Labute approximate surface area is 147 Å². The zero-order chi connectivity index (χ0) is 18.1. The minimum Gasteiger partial charge on any atom is -0.462 e. The summed E-state index contributed by atoms with van der Waals surface area (Å²) in [6.07, 6.45) is 3.70. The maximum absolute atomic E-state index is 12.5. The van der Waals surface area contributed by atoms with Crippen LogP contribution in [-0.4, -0.2) is 30.0 Å². The van der Waals surface area contributed by atoms with Crippen LogP contribution in [0, 0.1) is 0 Å². The van der Waals surface area contributed by atoms with Crippen LogP contribution >= 0.6 is 0 Å². The van der Waals surface area contributed by atoms with Crippen molar-refractivity contribution in [2.24, 2.45) is 0 Å². The molecule has 6 heteroatoms. The van der Waals surface area contributed by atoms with Crippen LogP contribution in [-0.2, 0) is 4.74 Å². The summed E-state index contributed by atoms with van der Waals surface area (Å²) in [5.41, 5.74) is 1.21. The molecule has 2 rings (SSSR count). The Kier molecular flexibility index (Phi) is 6.95. The lowest BCUT2D eigenvalue weighted by molar-refractivity contribution is 0.0527. The molecule has 2 aromatic rings. The first-order valence-corrected chi connectivity index (χ1v) is 8.43. The van der Waals surface area contributed by atoms with Crippen LogP contribution in [0.2, 0.25) is 0 Å². The second kappa shape index (κ2) is 9.42. The van der Waals surface area contributed by atoms with Crippen molar-refractivity contribution in [2.75, 3.05) is 23.8 Å². The molecule has 0 bridgehead atoms. The van der Waals surface area contributed by atoms with Gasteiger partial charge in [0, 0.05) is 18.3 Å². The highest BCUT2D eigenvalue weighted by molar-refractivity contribution is 6.08. The molecule has 0 spiro atoms. The van der Waals surface area contributed by atoms with Crippen molar-refractivity contribution in [1.82, 2.24) is 4.98 Å². The minimum absolute atomic E-state index is 0.276. The van der Waals surface area contributed by atoms with E-state index in [0.717, 1.165) is 19.4 Å². The normalized spacial score (nSPS) is 10.2. The monoisotopic (exact) mass is 341 g/mol. The van der Waals surface area contributed by atoms with Crippen molar-refractivity contribution in [3.8, 4) is 0 Å². The van der Waals surface area contributed by atoms with Gasteiger partial charge in [-0.15, -0.1) is 0 Å². The summed E-state index contributed by atoms with van der Waals surface area (Å²) in [7, 11) is 0. The van der Waals surface area contributed by atoms with Crippen LogP contribution in [0.25, 0.3) is 0 Å². The Hall–Kier alpha value is -2.89. The number of anilines is 2. The molecule has 0 fully saturated rings. The minimum atomic E-state index is -0.463. The number of carbonyl (C=O) groups excluding carboxylic acids is 2. The van der Waals surface area contributed by atoms with Gasteiger partial charge in [0.2, 0.25) is 0 Å². The van der Waals surface area contributed by atoms with Gasteiger partial charge in [0.05, 0.1) is 17.9 Å². The van der Waals surface area contributed by atoms with E-state index in [1.54, 1.807) is 49.5 Å². The third-order valence-electron chi connectivity index (χ3n) is 3.53. The molecule has 1 aromatic heterocycles. The number of rotatable bonds is 8. The smallest absolute Gasteiger partial charge is 0.340 e. The number of aromatic nitrogens is 1. The van der Waals surface area contributed by atoms with E-state index in [4.69, 9.17) is 4.74 Å². The van der Waals surface area contributed by atoms with E-state index in [0.29, 0.717) is 22.6 Å². The fourth-order valence-electron chi connectivity index (χ4n) is 2.24. The second-order valence-corrected chi connectivity index (χ2v) is 5.43. The summed E-state index contributed by atoms with van der Waals surface area (Å²) in [4.78, 5) is 28.7. The molecule has 0 radical (unpaired) electrons. The van der Waals surface area contributed by atoms with Gasteiger partial charge in [-0.2, -0.15) is 0 Å². The maximum Gasteiger partial charge on any atom is 0.340 e. The Bertz CT molecular complexity index is 731. The van der Waals surface area contributed by atoms with E-state index >= 15 is 0 Å². The van der Waals surface area contributed by atoms with E-state index in [1.807, 2.05) is 0 Å². The van der Waals surface area contributed by atoms with Crippen molar-refractivity contribution in [1.29, 1.82) is 0 Å². The Morgan fingerprint density at radius 1 is 1.16 bits per heavy atom. The van der Waals surface area contributed by atoms with Crippen LogP contribution in [0.3, 0.4) is 0 Å². The largest absolute Gasteiger partial charge is 0.462 e. The molecule has 1 aromatic carbocycles. The van der Waals surface area contributed by atoms with Crippen LogP contribution in [0.15, 0.2) is 42.6 Å². The van der Waals surface area contributed by atoms with Gasteiger partial charge in [-0.25, -0.2) is 9.78 Å². The lowest BCUT2D eigenvalue weighted by atomic mass is 10.1. The van der Waals surface area contributed by atoms with Gasteiger partial charge in [0.15, 0.2) is 0 Å². The van der Waals surface area contributed by atoms with E-state index in [2.05, 4.69) is 22.5 Å². The number of pyridine rings is 1. The van der Waals surface area contributed by atoms with Gasteiger partial charge in [-0.1, -0.05) is 25.5 Å². The molecular formula is C19H23N3O3. The SMILES string of the molecule is CCCCNc1cc(C(=O)Nc2ccccc2C(=O)OCC)ccn1. The molecule has 1 heterocycles. The molecule has 0 saturated carbocycles. The number of unbranched alkanes of at least 4 members (excludes halogenated alkanes) is 1. The fourth-order valence-corrected chi connectivity index (χ4v) is 2.24. The number of carbonyl (C=O) groups is 2. The molecule has 0 unspecified atom stereocenters. The molecule has 0 atom stereocenters. The molecule has 25 heavy (non-hydrogen) atoms. The average molecular weight is 341 g/mol. The zero-order valence-corrected chi connectivity index (χ0v) is 14.5. The number of amides is 1. The lowest BCUT2D eigenvalue weighted by Crippen LogP contribution is -2.16. The summed E-state index contributed by atoms with van der Waals surface area (Å²) in [5.74, 6) is -0.118. The van der Waals surface area contributed by atoms with Gasteiger partial charge >= 0.3 is 5.97 Å². The molecule has 0 saturated heterocycles. The molecule has 6 nitrogen and oxygen atoms in total. The van der Waals surface area contributed by atoms with Gasteiger partial charge in [-0.05, 0) is 37.6 Å². The number of hydrogen-bond acceptors (Lipinski definition) is 5. The molecule has 1 amide bonds. The quantitative estimate of drug-likeness (QED) is 0.565. The van der Waals surface area contributed by atoms with Crippen molar-refractivity contribution in [2.45, 2.75) is 26.7 Å². The van der Waals surface area contributed by atoms with Gasteiger partial charge in [-0.3, -0.25) is 4.79 Å². The van der Waals surface area contributed by atoms with Gasteiger partial charge < -0.3 is 15.4 Å². The van der Waals surface area contributed by atoms with Crippen molar-refractivity contribution in [3.63, 3.8) is 0 Å². The fraction of sp³-hybridized carbons (Fsp3) is 0.316. The first-order chi connectivity index (χ1) is 12.2. The standard InChI is InChI=1S/C19H23N3O3/c1-3-5-11-20-17-13-14(10-12-21-17)18(23)22-16-9-7-6-8-15(16)19(24)25-4-2/h6-10,12-13H,3-5,11H2,1-2H3,(H,20,21)(H,22,23). The van der Waals surface area contributed by atoms with Crippen LogP contribution < -0.4 is 10.6 Å². The number of nitrogens with zero attached hydrogens (tertiary/aromatic N) is 1. The number of hydrogen-bond donors (Lipinski definition) is 2. The predicted octanol–water partition coefficient (Wildman–Crippen LogP) is 3.72. The first-order valence-electron chi connectivity index (χ1n) is 8.43.